The number of nitrogens with zero attached hydrogens (tertiary/aromatic N) is 3. The first-order valence-electron chi connectivity index (χ1n) is 10.9. The molecule has 0 aliphatic carbocycles. The number of amides is 2. The first-order valence-corrected chi connectivity index (χ1v) is 10.9. The number of hydrogen-bond acceptors (Lipinski definition) is 5. The first kappa shape index (κ1) is 23.1. The van der Waals surface area contributed by atoms with E-state index >= 15 is 0 Å². The highest BCUT2D eigenvalue weighted by Crippen LogP contribution is 2.20. The summed E-state index contributed by atoms with van der Waals surface area (Å²) in [7, 11) is 1.52. The molecule has 3 rings (SSSR count). The fourth-order valence-corrected chi connectivity index (χ4v) is 3.90. The van der Waals surface area contributed by atoms with Crippen molar-refractivity contribution in [2.75, 3.05) is 38.2 Å². The van der Waals surface area contributed by atoms with Crippen LogP contribution in [0.4, 0.5) is 5.69 Å². The number of anilines is 1. The van der Waals surface area contributed by atoms with Gasteiger partial charge in [0.25, 0.3) is 5.91 Å². The molecule has 1 saturated heterocycles. The highest BCUT2D eigenvalue weighted by atomic mass is 16.5. The molecule has 168 valence electrons. The molecule has 32 heavy (non-hydrogen) atoms. The van der Waals surface area contributed by atoms with E-state index in [2.05, 4.69) is 16.3 Å². The van der Waals surface area contributed by atoms with E-state index in [-0.39, 0.29) is 17.7 Å². The van der Waals surface area contributed by atoms with Crippen LogP contribution in [0.2, 0.25) is 0 Å². The Bertz CT molecular complexity index is 981. The van der Waals surface area contributed by atoms with Gasteiger partial charge in [-0.3, -0.25) is 9.59 Å². The van der Waals surface area contributed by atoms with Crippen molar-refractivity contribution < 1.29 is 14.3 Å². The van der Waals surface area contributed by atoms with Gasteiger partial charge in [0.2, 0.25) is 5.91 Å². The Kier molecular flexibility index (Phi) is 7.72. The van der Waals surface area contributed by atoms with Gasteiger partial charge in [0.1, 0.15) is 11.8 Å². The van der Waals surface area contributed by atoms with Crippen LogP contribution in [-0.4, -0.2) is 56.0 Å². The number of nitriles is 1. The monoisotopic (exact) mass is 434 g/mol. The number of nitrogens with one attached hydrogen (secondary N) is 1. The molecule has 1 fully saturated rings. The highest BCUT2D eigenvalue weighted by molar-refractivity contribution is 5.99. The quantitative estimate of drug-likeness (QED) is 0.755. The smallest absolute Gasteiger partial charge is 0.255 e. The Balaban J connectivity index is 1.68. The zero-order valence-electron chi connectivity index (χ0n) is 18.9. The van der Waals surface area contributed by atoms with Crippen LogP contribution in [-0.2, 0) is 4.79 Å². The number of methoxy groups -OCH3 is 1. The van der Waals surface area contributed by atoms with Gasteiger partial charge in [0.05, 0.1) is 24.3 Å². The second-order valence-corrected chi connectivity index (χ2v) is 8.22. The zero-order chi connectivity index (χ0) is 23.1. The maximum Gasteiger partial charge on any atom is 0.255 e. The van der Waals surface area contributed by atoms with Crippen molar-refractivity contribution in [2.45, 2.75) is 26.3 Å². The molecule has 1 atom stereocenters. The van der Waals surface area contributed by atoms with Gasteiger partial charge in [-0.15, -0.1) is 0 Å². The zero-order valence-corrected chi connectivity index (χ0v) is 18.9. The van der Waals surface area contributed by atoms with E-state index in [1.807, 2.05) is 43.0 Å². The Hall–Kier alpha value is -3.53. The first-order chi connectivity index (χ1) is 15.4. The average molecular weight is 435 g/mol. The number of carbonyl (C=O) groups excluding carboxylic acids is 2. The molecule has 1 heterocycles. The maximum absolute atomic E-state index is 13.4. The predicted molar refractivity (Wildman–Crippen MR) is 124 cm³/mol. The molecule has 7 heteroatoms. The third-order valence-electron chi connectivity index (χ3n) is 5.74. The van der Waals surface area contributed by atoms with Gasteiger partial charge in [-0.1, -0.05) is 26.0 Å². The summed E-state index contributed by atoms with van der Waals surface area (Å²) >= 11 is 0. The van der Waals surface area contributed by atoms with Crippen molar-refractivity contribution in [1.82, 2.24) is 10.2 Å². The van der Waals surface area contributed by atoms with Crippen molar-refractivity contribution in [3.63, 3.8) is 0 Å². The SMILES string of the molecule is COc1ccccc1C(=O)NC(C(=O)N1CCCN(c2ccc(C#N)cc2)CC1)C(C)C. The molecule has 0 bridgehead atoms. The molecule has 2 amide bonds. The lowest BCUT2D eigenvalue weighted by Crippen LogP contribution is -2.52. The summed E-state index contributed by atoms with van der Waals surface area (Å²) in [5, 5.41) is 11.9. The summed E-state index contributed by atoms with van der Waals surface area (Å²) in [6.45, 7) is 6.61. The number of hydrogen-bond donors (Lipinski definition) is 1. The minimum absolute atomic E-state index is 0.0564. The molecular formula is C25H30N4O3. The van der Waals surface area contributed by atoms with Crippen LogP contribution in [0.5, 0.6) is 5.75 Å². The molecule has 1 unspecified atom stereocenters. The van der Waals surface area contributed by atoms with Crippen LogP contribution in [0, 0.1) is 17.2 Å². The topological polar surface area (TPSA) is 85.7 Å². The standard InChI is InChI=1S/C25H30N4O3/c1-18(2)23(27-24(30)21-7-4-5-8-22(21)32-3)25(31)29-14-6-13-28(15-16-29)20-11-9-19(17-26)10-12-20/h4-5,7-12,18,23H,6,13-16H2,1-3H3,(H,27,30). The second-order valence-electron chi connectivity index (χ2n) is 8.22. The summed E-state index contributed by atoms with van der Waals surface area (Å²) in [5.74, 6) is 0.0419. The largest absolute Gasteiger partial charge is 0.496 e. The predicted octanol–water partition coefficient (Wildman–Crippen LogP) is 3.06. The lowest BCUT2D eigenvalue weighted by Gasteiger charge is -2.29. The van der Waals surface area contributed by atoms with E-state index in [1.165, 1.54) is 7.11 Å². The maximum atomic E-state index is 13.4. The van der Waals surface area contributed by atoms with E-state index < -0.39 is 6.04 Å². The van der Waals surface area contributed by atoms with E-state index in [4.69, 9.17) is 10.00 Å². The van der Waals surface area contributed by atoms with Crippen molar-refractivity contribution in [3.8, 4) is 11.8 Å². The molecule has 2 aromatic rings. The van der Waals surface area contributed by atoms with Gasteiger partial charge in [-0.25, -0.2) is 0 Å². The lowest BCUT2D eigenvalue weighted by molar-refractivity contribution is -0.134. The molecule has 0 radical (unpaired) electrons. The van der Waals surface area contributed by atoms with E-state index in [0.717, 1.165) is 18.7 Å². The van der Waals surface area contributed by atoms with Crippen molar-refractivity contribution in [2.24, 2.45) is 5.92 Å². The third-order valence-corrected chi connectivity index (χ3v) is 5.74. The van der Waals surface area contributed by atoms with Crippen LogP contribution in [0.1, 0.15) is 36.2 Å². The number of benzene rings is 2. The summed E-state index contributed by atoms with van der Waals surface area (Å²) in [5.41, 5.74) is 2.09. The fourth-order valence-electron chi connectivity index (χ4n) is 3.90. The summed E-state index contributed by atoms with van der Waals surface area (Å²) in [6, 6.07) is 16.0. The minimum Gasteiger partial charge on any atom is -0.496 e. The molecule has 1 aliphatic rings. The molecule has 1 aliphatic heterocycles. The number of para-hydroxylation sites is 1. The van der Waals surface area contributed by atoms with Crippen LogP contribution < -0.4 is 15.0 Å². The minimum atomic E-state index is -0.617. The molecule has 2 aromatic carbocycles. The fraction of sp³-hybridized carbons (Fsp3) is 0.400. The van der Waals surface area contributed by atoms with Gasteiger partial charge in [-0.05, 0) is 48.7 Å². The Labute approximate surface area is 189 Å². The second kappa shape index (κ2) is 10.7. The van der Waals surface area contributed by atoms with Crippen molar-refractivity contribution in [1.29, 1.82) is 5.26 Å². The van der Waals surface area contributed by atoms with E-state index in [0.29, 0.717) is 36.5 Å². The number of ether oxygens (including phenoxy) is 1. The molecule has 7 nitrogen and oxygen atoms in total. The van der Waals surface area contributed by atoms with E-state index in [1.54, 1.807) is 24.3 Å². The van der Waals surface area contributed by atoms with Crippen molar-refractivity contribution >= 4 is 17.5 Å². The highest BCUT2D eigenvalue weighted by Gasteiger charge is 2.30. The van der Waals surface area contributed by atoms with Crippen LogP contribution in [0.25, 0.3) is 0 Å². The van der Waals surface area contributed by atoms with Gasteiger partial charge in [-0.2, -0.15) is 5.26 Å². The average Bonchev–Trinajstić information content (AvgIpc) is 3.08. The van der Waals surface area contributed by atoms with E-state index in [9.17, 15) is 9.59 Å². The Morgan fingerprint density at radius 1 is 1.03 bits per heavy atom. The van der Waals surface area contributed by atoms with Crippen LogP contribution in [0.3, 0.4) is 0 Å². The van der Waals surface area contributed by atoms with Crippen LogP contribution >= 0.6 is 0 Å². The Morgan fingerprint density at radius 3 is 2.41 bits per heavy atom. The third kappa shape index (κ3) is 5.38. The normalized spacial score (nSPS) is 15.0. The molecule has 0 spiro atoms. The molecule has 0 aromatic heterocycles. The van der Waals surface area contributed by atoms with Gasteiger partial charge >= 0.3 is 0 Å². The summed E-state index contributed by atoms with van der Waals surface area (Å²) < 4.78 is 5.29. The summed E-state index contributed by atoms with van der Waals surface area (Å²) in [4.78, 5) is 30.3. The van der Waals surface area contributed by atoms with Gasteiger partial charge in [0.15, 0.2) is 0 Å². The van der Waals surface area contributed by atoms with Gasteiger partial charge < -0.3 is 19.9 Å². The molecule has 1 N–H and O–H groups in total. The molecular weight excluding hydrogens is 404 g/mol. The lowest BCUT2D eigenvalue weighted by atomic mass is 10.0. The van der Waals surface area contributed by atoms with Gasteiger partial charge in [0, 0.05) is 31.9 Å². The number of rotatable bonds is 6. The summed E-state index contributed by atoms with van der Waals surface area (Å²) in [6.07, 6.45) is 0.830. The number of carbonyl (C=O) groups is 2. The van der Waals surface area contributed by atoms with Crippen LogP contribution in [0.15, 0.2) is 48.5 Å². The Morgan fingerprint density at radius 2 is 1.75 bits per heavy atom. The molecule has 0 saturated carbocycles. The van der Waals surface area contributed by atoms with Crippen molar-refractivity contribution in [3.05, 3.63) is 59.7 Å².